The summed E-state index contributed by atoms with van der Waals surface area (Å²) in [6.45, 7) is 4.49. The Balaban J connectivity index is 1.87. The highest BCUT2D eigenvalue weighted by atomic mass is 16.5. The number of likely N-dealkylation sites (N-methyl/N-ethyl adjacent to an activating group) is 1. The van der Waals surface area contributed by atoms with Crippen LogP contribution in [0.15, 0.2) is 0 Å². The number of ether oxygens (including phenoxy) is 1. The van der Waals surface area contributed by atoms with Gasteiger partial charge in [-0.2, -0.15) is 0 Å². The maximum atomic E-state index is 4.97. The first-order valence-corrected chi connectivity index (χ1v) is 4.26. The van der Waals surface area contributed by atoms with E-state index in [1.165, 1.54) is 13.1 Å². The second-order valence-electron chi connectivity index (χ2n) is 3.05. The molecule has 1 saturated heterocycles. The van der Waals surface area contributed by atoms with Crippen LogP contribution in [0.3, 0.4) is 0 Å². The van der Waals surface area contributed by atoms with Gasteiger partial charge < -0.3 is 10.1 Å². The fraction of sp³-hybridized carbons (Fsp3) is 1.00. The van der Waals surface area contributed by atoms with E-state index in [1.807, 2.05) is 7.05 Å². The zero-order chi connectivity index (χ0) is 8.10. The van der Waals surface area contributed by atoms with Crippen LogP contribution in [0.2, 0.25) is 0 Å². The van der Waals surface area contributed by atoms with E-state index in [0.29, 0.717) is 0 Å². The number of methoxy groups -OCH3 is 1. The molecule has 11 heavy (non-hydrogen) atoms. The Morgan fingerprint density at radius 3 is 3.09 bits per heavy atom. The third-order valence-corrected chi connectivity index (χ3v) is 2.06. The summed E-state index contributed by atoms with van der Waals surface area (Å²) in [4.78, 5) is 2.47. The van der Waals surface area contributed by atoms with Crippen molar-refractivity contribution in [2.24, 2.45) is 0 Å². The molecule has 1 rings (SSSR count). The molecule has 1 aliphatic rings. The third kappa shape index (κ3) is 3.18. The molecule has 1 aliphatic heterocycles. The van der Waals surface area contributed by atoms with E-state index >= 15 is 0 Å². The van der Waals surface area contributed by atoms with E-state index < -0.39 is 0 Å². The number of hydrogen-bond acceptors (Lipinski definition) is 3. The smallest absolute Gasteiger partial charge is 0.0474 e. The van der Waals surface area contributed by atoms with Crippen molar-refractivity contribution in [3.63, 3.8) is 0 Å². The number of hydrogen-bond donors (Lipinski definition) is 1. The van der Waals surface area contributed by atoms with Gasteiger partial charge >= 0.3 is 0 Å². The van der Waals surface area contributed by atoms with Gasteiger partial charge in [-0.1, -0.05) is 0 Å². The second-order valence-corrected chi connectivity index (χ2v) is 3.05. The fourth-order valence-corrected chi connectivity index (χ4v) is 1.34. The Morgan fingerprint density at radius 1 is 1.64 bits per heavy atom. The maximum Gasteiger partial charge on any atom is 0.0474 e. The van der Waals surface area contributed by atoms with Crippen molar-refractivity contribution in [2.75, 3.05) is 40.4 Å². The average Bonchev–Trinajstić information content (AvgIpc) is 2.70. The largest absolute Gasteiger partial charge is 0.385 e. The van der Waals surface area contributed by atoms with Gasteiger partial charge in [0.15, 0.2) is 0 Å². The van der Waals surface area contributed by atoms with Gasteiger partial charge in [-0.3, -0.25) is 4.90 Å². The highest BCUT2D eigenvalue weighted by Crippen LogP contribution is 2.15. The summed E-state index contributed by atoms with van der Waals surface area (Å²) in [7, 11) is 3.76. The molecule has 0 saturated carbocycles. The van der Waals surface area contributed by atoms with Gasteiger partial charge in [0.2, 0.25) is 0 Å². The molecule has 3 nitrogen and oxygen atoms in total. The first kappa shape index (κ1) is 8.97. The van der Waals surface area contributed by atoms with E-state index in [1.54, 1.807) is 7.11 Å². The molecule has 2 unspecified atom stereocenters. The molecular weight excluding hydrogens is 140 g/mol. The van der Waals surface area contributed by atoms with Crippen LogP contribution < -0.4 is 5.32 Å². The molecule has 3 heteroatoms. The molecular formula is C8H18N2O. The summed E-state index contributed by atoms with van der Waals surface area (Å²) in [5.74, 6) is 0. The molecule has 0 aromatic rings. The summed E-state index contributed by atoms with van der Waals surface area (Å²) >= 11 is 0. The van der Waals surface area contributed by atoms with Crippen LogP contribution in [0.1, 0.15) is 6.42 Å². The summed E-state index contributed by atoms with van der Waals surface area (Å²) in [5.41, 5.74) is 0. The van der Waals surface area contributed by atoms with Crippen molar-refractivity contribution in [1.82, 2.24) is 10.2 Å². The molecule has 2 atom stereocenters. The van der Waals surface area contributed by atoms with Crippen molar-refractivity contribution in [3.05, 3.63) is 0 Å². The maximum absolute atomic E-state index is 4.97. The molecule has 0 aromatic heterocycles. The predicted molar refractivity (Wildman–Crippen MR) is 45.8 cm³/mol. The van der Waals surface area contributed by atoms with Gasteiger partial charge in [0.05, 0.1) is 0 Å². The SMILES string of the molecule is CNCC1CN1CCCOC. The number of nitrogens with zero attached hydrogens (tertiary/aromatic N) is 1. The highest BCUT2D eigenvalue weighted by Gasteiger charge is 2.31. The van der Waals surface area contributed by atoms with Crippen LogP contribution in [0.4, 0.5) is 0 Å². The Hall–Kier alpha value is -0.120. The zero-order valence-corrected chi connectivity index (χ0v) is 7.47. The van der Waals surface area contributed by atoms with Crippen molar-refractivity contribution in [2.45, 2.75) is 12.5 Å². The van der Waals surface area contributed by atoms with Gasteiger partial charge in [0.25, 0.3) is 0 Å². The normalized spacial score (nSPS) is 28.9. The lowest BCUT2D eigenvalue weighted by atomic mass is 10.4. The van der Waals surface area contributed by atoms with Crippen LogP contribution in [0.25, 0.3) is 0 Å². The molecule has 1 fully saturated rings. The Morgan fingerprint density at radius 2 is 2.45 bits per heavy atom. The third-order valence-electron chi connectivity index (χ3n) is 2.06. The minimum absolute atomic E-state index is 0.803. The number of rotatable bonds is 6. The lowest BCUT2D eigenvalue weighted by Gasteiger charge is -2.01. The topological polar surface area (TPSA) is 24.3 Å². The van der Waals surface area contributed by atoms with Crippen LogP contribution >= 0.6 is 0 Å². The lowest BCUT2D eigenvalue weighted by Crippen LogP contribution is -2.18. The summed E-state index contributed by atoms with van der Waals surface area (Å²) in [6, 6.07) is 0.803. The number of nitrogens with one attached hydrogen (secondary N) is 1. The molecule has 0 amide bonds. The van der Waals surface area contributed by atoms with Gasteiger partial charge in [0, 0.05) is 39.4 Å². The first-order chi connectivity index (χ1) is 5.38. The highest BCUT2D eigenvalue weighted by molar-refractivity contribution is 4.89. The molecule has 66 valence electrons. The van der Waals surface area contributed by atoms with Crippen LogP contribution in [0.5, 0.6) is 0 Å². The monoisotopic (exact) mass is 158 g/mol. The van der Waals surface area contributed by atoms with Gasteiger partial charge in [-0.15, -0.1) is 0 Å². The van der Waals surface area contributed by atoms with Crippen LogP contribution in [-0.4, -0.2) is 51.3 Å². The van der Waals surface area contributed by atoms with E-state index in [-0.39, 0.29) is 0 Å². The van der Waals surface area contributed by atoms with E-state index in [4.69, 9.17) is 4.74 Å². The van der Waals surface area contributed by atoms with Gasteiger partial charge in [-0.05, 0) is 13.5 Å². The average molecular weight is 158 g/mol. The molecule has 0 bridgehead atoms. The summed E-state index contributed by atoms with van der Waals surface area (Å²) in [6.07, 6.45) is 1.16. The Labute approximate surface area is 68.7 Å². The Bertz CT molecular complexity index is 108. The predicted octanol–water partition coefficient (Wildman–Crippen LogP) is -0.0735. The molecule has 0 aromatic carbocycles. The lowest BCUT2D eigenvalue weighted by molar-refractivity contribution is 0.189. The molecule has 0 spiro atoms. The first-order valence-electron chi connectivity index (χ1n) is 4.26. The van der Waals surface area contributed by atoms with Crippen molar-refractivity contribution < 1.29 is 4.74 Å². The van der Waals surface area contributed by atoms with Crippen molar-refractivity contribution >= 4 is 0 Å². The zero-order valence-electron chi connectivity index (χ0n) is 7.47. The van der Waals surface area contributed by atoms with Crippen molar-refractivity contribution in [3.8, 4) is 0 Å². The van der Waals surface area contributed by atoms with Crippen molar-refractivity contribution in [1.29, 1.82) is 0 Å². The minimum Gasteiger partial charge on any atom is -0.385 e. The summed E-state index contributed by atoms with van der Waals surface area (Å²) in [5, 5.41) is 3.18. The van der Waals surface area contributed by atoms with Gasteiger partial charge in [-0.25, -0.2) is 0 Å². The Kier molecular flexibility index (Phi) is 3.83. The fourth-order valence-electron chi connectivity index (χ4n) is 1.34. The molecule has 1 heterocycles. The summed E-state index contributed by atoms with van der Waals surface area (Å²) < 4.78 is 4.97. The van der Waals surface area contributed by atoms with Crippen LogP contribution in [0, 0.1) is 0 Å². The quantitative estimate of drug-likeness (QED) is 0.432. The molecule has 1 N–H and O–H groups in total. The van der Waals surface area contributed by atoms with E-state index in [9.17, 15) is 0 Å². The molecule has 0 aliphatic carbocycles. The standard InChI is InChI=1S/C8H18N2O/c1-9-6-8-7-10(8)4-3-5-11-2/h8-9H,3-7H2,1-2H3. The molecule has 0 radical (unpaired) electrons. The second kappa shape index (κ2) is 4.70. The minimum atomic E-state index is 0.803. The van der Waals surface area contributed by atoms with Crippen LogP contribution in [-0.2, 0) is 4.74 Å². The van der Waals surface area contributed by atoms with E-state index in [0.717, 1.165) is 25.6 Å². The van der Waals surface area contributed by atoms with Gasteiger partial charge in [0.1, 0.15) is 0 Å². The van der Waals surface area contributed by atoms with E-state index in [2.05, 4.69) is 10.2 Å².